The van der Waals surface area contributed by atoms with E-state index >= 15 is 0 Å². The van der Waals surface area contributed by atoms with Gasteiger partial charge in [0, 0.05) is 30.4 Å². The van der Waals surface area contributed by atoms with Gasteiger partial charge < -0.3 is 9.45 Å². The van der Waals surface area contributed by atoms with E-state index in [4.69, 9.17) is 5.21 Å². The van der Waals surface area contributed by atoms with Gasteiger partial charge in [-0.05, 0) is 25.5 Å². The van der Waals surface area contributed by atoms with E-state index in [-0.39, 0.29) is 12.5 Å². The number of hydroxylamine groups is 1. The number of anilines is 1. The van der Waals surface area contributed by atoms with E-state index in [2.05, 4.69) is 0 Å². The Morgan fingerprint density at radius 3 is 2.52 bits per heavy atom. The van der Waals surface area contributed by atoms with Crippen molar-refractivity contribution in [2.24, 2.45) is 0 Å². The van der Waals surface area contributed by atoms with Crippen molar-refractivity contribution in [3.05, 3.63) is 29.8 Å². The van der Waals surface area contributed by atoms with Gasteiger partial charge in [-0.3, -0.25) is 19.0 Å². The molecule has 0 fully saturated rings. The van der Waals surface area contributed by atoms with Gasteiger partial charge >= 0.3 is 0 Å². The lowest BCUT2D eigenvalue weighted by molar-refractivity contribution is -0.135. The fourth-order valence-electron chi connectivity index (χ4n) is 3.13. The van der Waals surface area contributed by atoms with Crippen LogP contribution in [0.3, 0.4) is 0 Å². The molecule has 1 aliphatic heterocycles. The maximum atomic E-state index is 12.2. The van der Waals surface area contributed by atoms with Gasteiger partial charge in [-0.25, -0.2) is 9.79 Å². The number of nitrogens with one attached hydrogen (secondary N) is 1. The lowest BCUT2D eigenvalue weighted by atomic mass is 9.91. The fraction of sp³-hybridized carbons (Fsp3) is 0.429. The van der Waals surface area contributed by atoms with Crippen molar-refractivity contribution in [1.82, 2.24) is 9.79 Å². The van der Waals surface area contributed by atoms with Crippen LogP contribution in [0.5, 0.6) is 0 Å². The summed E-state index contributed by atoms with van der Waals surface area (Å²) >= 11 is -2.72. The lowest BCUT2D eigenvalue weighted by Gasteiger charge is -2.44. The second-order valence-electron chi connectivity index (χ2n) is 5.81. The Morgan fingerprint density at radius 2 is 2.00 bits per heavy atom. The summed E-state index contributed by atoms with van der Waals surface area (Å²) < 4.78 is 24.3. The highest BCUT2D eigenvalue weighted by molar-refractivity contribution is 7.76. The first-order valence-corrected chi connectivity index (χ1v) is 7.93. The molecule has 0 aromatic heterocycles. The lowest BCUT2D eigenvalue weighted by Crippen LogP contribution is -2.64. The minimum absolute atomic E-state index is 0.0857. The average Bonchev–Trinajstić information content (AvgIpc) is 2.57. The largest absolute Gasteiger partial charge is 0.760 e. The van der Waals surface area contributed by atoms with Gasteiger partial charge in [0.15, 0.2) is 0 Å². The Kier molecular flexibility index (Phi) is 4.85. The highest BCUT2D eigenvalue weighted by atomic mass is 32.2. The molecule has 8 nitrogen and oxygen atoms in total. The summed E-state index contributed by atoms with van der Waals surface area (Å²) in [7, 11) is 0. The van der Waals surface area contributed by atoms with Crippen LogP contribution >= 0.6 is 0 Å². The van der Waals surface area contributed by atoms with Crippen molar-refractivity contribution < 1.29 is 23.6 Å². The first kappa shape index (κ1) is 17.5. The van der Waals surface area contributed by atoms with Gasteiger partial charge in [0.2, 0.25) is 5.91 Å². The molecule has 9 heteroatoms. The average molecular weight is 340 g/mol. The van der Waals surface area contributed by atoms with Crippen LogP contribution in [0.4, 0.5) is 5.69 Å². The number of carbonyl (C=O) groups is 2. The molecule has 0 saturated heterocycles. The molecule has 1 heterocycles. The van der Waals surface area contributed by atoms with Crippen LogP contribution in [0.2, 0.25) is 0 Å². The Bertz CT molecular complexity index is 664. The number of amides is 2. The smallest absolute Gasteiger partial charge is 0.264 e. The first-order chi connectivity index (χ1) is 10.7. The molecule has 0 aliphatic carbocycles. The number of benzene rings is 1. The van der Waals surface area contributed by atoms with Gasteiger partial charge in [0.25, 0.3) is 5.91 Å². The molecule has 2 rings (SSSR count). The second kappa shape index (κ2) is 6.36. The third-order valence-electron chi connectivity index (χ3n) is 3.96. The van der Waals surface area contributed by atoms with Crippen LogP contribution in [0.15, 0.2) is 24.3 Å². The highest BCUT2D eigenvalue weighted by Gasteiger charge is 2.48. The number of carbonyl (C=O) groups excluding carboxylic acids is 2. The summed E-state index contributed by atoms with van der Waals surface area (Å²) in [6.07, 6.45) is 0. The van der Waals surface area contributed by atoms with Crippen molar-refractivity contribution in [2.75, 3.05) is 4.90 Å². The SMILES string of the molecule is CC(=O)N1c2ccccc2CN(S(=O)[O-])C(C(=O)NO)C1(C)C. The van der Waals surface area contributed by atoms with Gasteiger partial charge in [-0.1, -0.05) is 18.2 Å². The molecular weight excluding hydrogens is 322 g/mol. The van der Waals surface area contributed by atoms with Crippen molar-refractivity contribution in [2.45, 2.75) is 38.9 Å². The van der Waals surface area contributed by atoms with Crippen molar-refractivity contribution in [3.8, 4) is 0 Å². The van der Waals surface area contributed by atoms with E-state index in [0.29, 0.717) is 11.3 Å². The Balaban J connectivity index is 2.73. The van der Waals surface area contributed by atoms with Crippen LogP contribution in [0, 0.1) is 0 Å². The number of fused-ring (bicyclic) bond motifs is 1. The number of nitrogens with zero attached hydrogens (tertiary/aromatic N) is 2. The molecule has 0 radical (unpaired) electrons. The fourth-order valence-corrected chi connectivity index (χ4v) is 3.90. The second-order valence-corrected chi connectivity index (χ2v) is 6.71. The molecule has 1 aromatic carbocycles. The summed E-state index contributed by atoms with van der Waals surface area (Å²) in [4.78, 5) is 25.8. The monoisotopic (exact) mass is 340 g/mol. The topological polar surface area (TPSA) is 113 Å². The number of rotatable bonds is 2. The van der Waals surface area contributed by atoms with E-state index < -0.39 is 28.8 Å². The maximum absolute atomic E-state index is 12.2. The van der Waals surface area contributed by atoms with Crippen molar-refractivity contribution in [1.29, 1.82) is 0 Å². The minimum Gasteiger partial charge on any atom is -0.760 e. The van der Waals surface area contributed by atoms with Crippen LogP contribution in [0.25, 0.3) is 0 Å². The summed E-state index contributed by atoms with van der Waals surface area (Å²) in [6, 6.07) is 5.56. The van der Waals surface area contributed by atoms with Gasteiger partial charge in [0.1, 0.15) is 6.04 Å². The van der Waals surface area contributed by atoms with E-state index in [1.165, 1.54) is 17.3 Å². The standard InChI is InChI=1S/C14H19N3O5S/c1-9(18)17-11-7-5-4-6-10(11)8-16(23(21)22)12(13(19)15-20)14(17,2)3/h4-7,12,20H,8H2,1-3H3,(H,15,19)(H,21,22)/p-1. The van der Waals surface area contributed by atoms with Crippen LogP contribution < -0.4 is 10.4 Å². The summed E-state index contributed by atoms with van der Waals surface area (Å²) in [6.45, 7) is 4.42. The quantitative estimate of drug-likeness (QED) is 0.457. The van der Waals surface area contributed by atoms with Gasteiger partial charge in [-0.15, -0.1) is 0 Å². The molecule has 2 atom stereocenters. The zero-order chi connectivity index (χ0) is 17.4. The van der Waals surface area contributed by atoms with Crippen LogP contribution in [-0.4, -0.2) is 41.7 Å². The molecule has 1 aliphatic rings. The van der Waals surface area contributed by atoms with Crippen LogP contribution in [0.1, 0.15) is 26.3 Å². The molecule has 2 N–H and O–H groups in total. The highest BCUT2D eigenvalue weighted by Crippen LogP contribution is 2.37. The molecule has 0 spiro atoms. The summed E-state index contributed by atoms with van der Waals surface area (Å²) in [5.74, 6) is -1.24. The Labute approximate surface area is 136 Å². The molecule has 2 unspecified atom stereocenters. The predicted octanol–water partition coefficient (Wildman–Crippen LogP) is 0.302. The number of hydrogen-bond donors (Lipinski definition) is 2. The van der Waals surface area contributed by atoms with Crippen molar-refractivity contribution in [3.63, 3.8) is 0 Å². The van der Waals surface area contributed by atoms with Crippen LogP contribution in [-0.2, 0) is 27.4 Å². The van der Waals surface area contributed by atoms with E-state index in [0.717, 1.165) is 4.31 Å². The van der Waals surface area contributed by atoms with Crippen molar-refractivity contribution >= 4 is 28.8 Å². The van der Waals surface area contributed by atoms with E-state index in [1.54, 1.807) is 38.1 Å². The summed E-state index contributed by atoms with van der Waals surface area (Å²) in [5, 5.41) is 9.02. The molecule has 1 aromatic rings. The first-order valence-electron chi connectivity index (χ1n) is 6.90. The molecule has 0 saturated carbocycles. The maximum Gasteiger partial charge on any atom is 0.264 e. The predicted molar refractivity (Wildman–Crippen MR) is 81.9 cm³/mol. The Morgan fingerprint density at radius 1 is 1.39 bits per heavy atom. The molecule has 126 valence electrons. The normalized spacial score (nSPS) is 22.0. The molecule has 23 heavy (non-hydrogen) atoms. The number of para-hydroxylation sites is 1. The molecule has 0 bridgehead atoms. The van der Waals surface area contributed by atoms with Gasteiger partial charge in [0.05, 0.1) is 5.54 Å². The van der Waals surface area contributed by atoms with Gasteiger partial charge in [-0.2, -0.15) is 0 Å². The zero-order valence-electron chi connectivity index (χ0n) is 13.0. The Hall–Kier alpha value is -1.81. The van der Waals surface area contributed by atoms with E-state index in [9.17, 15) is 18.4 Å². The number of hydrogen-bond acceptors (Lipinski definition) is 5. The molecule has 2 amide bonds. The van der Waals surface area contributed by atoms with E-state index in [1.807, 2.05) is 0 Å². The third-order valence-corrected chi connectivity index (χ3v) is 4.68. The third kappa shape index (κ3) is 3.00. The summed E-state index contributed by atoms with van der Waals surface area (Å²) in [5.41, 5.74) is 1.41. The minimum atomic E-state index is -2.72. The molecular formula is C14H18N3O5S-. The zero-order valence-corrected chi connectivity index (χ0v) is 13.8.